The first kappa shape index (κ1) is 15.6. The van der Waals surface area contributed by atoms with Crippen molar-refractivity contribution in [2.45, 2.75) is 65.6 Å². The molecule has 104 valence electrons. The lowest BCUT2D eigenvalue weighted by molar-refractivity contribution is 0.180. The van der Waals surface area contributed by atoms with Crippen molar-refractivity contribution in [3.05, 3.63) is 15.6 Å². The van der Waals surface area contributed by atoms with Crippen LogP contribution in [0.2, 0.25) is 0 Å². The van der Waals surface area contributed by atoms with Gasteiger partial charge in [-0.15, -0.1) is 11.3 Å². The van der Waals surface area contributed by atoms with E-state index in [1.807, 2.05) is 0 Å². The molecule has 0 unspecified atom stereocenters. The van der Waals surface area contributed by atoms with Gasteiger partial charge in [0.1, 0.15) is 0 Å². The number of hydrogen-bond acceptors (Lipinski definition) is 4. The van der Waals surface area contributed by atoms with E-state index in [9.17, 15) is 0 Å². The van der Waals surface area contributed by atoms with Crippen molar-refractivity contribution < 1.29 is 4.74 Å². The summed E-state index contributed by atoms with van der Waals surface area (Å²) in [5.74, 6) is 0. The van der Waals surface area contributed by atoms with Gasteiger partial charge in [0.2, 0.25) is 0 Å². The van der Waals surface area contributed by atoms with E-state index in [0.717, 1.165) is 12.2 Å². The smallest absolute Gasteiger partial charge is 0.0986 e. The van der Waals surface area contributed by atoms with Crippen molar-refractivity contribution in [2.24, 2.45) is 0 Å². The predicted octanol–water partition coefficient (Wildman–Crippen LogP) is 3.48. The van der Waals surface area contributed by atoms with E-state index in [-0.39, 0.29) is 11.0 Å². The molecule has 0 bridgehead atoms. The van der Waals surface area contributed by atoms with Crippen LogP contribution in [0.4, 0.5) is 0 Å². The van der Waals surface area contributed by atoms with Gasteiger partial charge in [-0.05, 0) is 20.8 Å². The van der Waals surface area contributed by atoms with Crippen LogP contribution in [0.25, 0.3) is 0 Å². The molecule has 0 radical (unpaired) electrons. The molecule has 0 amide bonds. The van der Waals surface area contributed by atoms with Crippen LogP contribution in [0, 0.1) is 0 Å². The van der Waals surface area contributed by atoms with Crippen LogP contribution < -0.4 is 5.32 Å². The maximum absolute atomic E-state index is 5.24. The fourth-order valence-corrected chi connectivity index (χ4v) is 2.50. The third-order valence-electron chi connectivity index (χ3n) is 2.48. The van der Waals surface area contributed by atoms with E-state index >= 15 is 0 Å². The van der Waals surface area contributed by atoms with Crippen LogP contribution in [0.15, 0.2) is 0 Å². The third-order valence-corrected chi connectivity index (χ3v) is 4.00. The van der Waals surface area contributed by atoms with Gasteiger partial charge in [0, 0.05) is 29.5 Å². The number of hydrogen-bond donors (Lipinski definition) is 1. The summed E-state index contributed by atoms with van der Waals surface area (Å²) in [7, 11) is 1.72. The summed E-state index contributed by atoms with van der Waals surface area (Å²) in [6.07, 6.45) is 0. The molecule has 0 spiro atoms. The number of thiazole rings is 1. The molecule has 0 aliphatic carbocycles. The largest absolute Gasteiger partial charge is 0.378 e. The highest BCUT2D eigenvalue weighted by molar-refractivity contribution is 7.11. The minimum Gasteiger partial charge on any atom is -0.378 e. The minimum atomic E-state index is 0.104. The monoisotopic (exact) mass is 270 g/mol. The van der Waals surface area contributed by atoms with E-state index in [1.165, 1.54) is 9.88 Å². The van der Waals surface area contributed by atoms with Crippen LogP contribution in [0.1, 0.15) is 57.1 Å². The molecule has 3 nitrogen and oxygen atoms in total. The zero-order valence-corrected chi connectivity index (χ0v) is 13.5. The molecular formula is C14H26N2OS. The topological polar surface area (TPSA) is 34.1 Å². The Balaban J connectivity index is 2.91. The summed E-state index contributed by atoms with van der Waals surface area (Å²) >= 11 is 1.79. The summed E-state index contributed by atoms with van der Waals surface area (Å²) in [4.78, 5) is 6.01. The van der Waals surface area contributed by atoms with Crippen LogP contribution >= 0.6 is 11.3 Å². The average molecular weight is 270 g/mol. The van der Waals surface area contributed by atoms with E-state index in [1.54, 1.807) is 18.4 Å². The molecule has 1 aromatic heterocycles. The lowest BCUT2D eigenvalue weighted by Gasteiger charge is -2.20. The van der Waals surface area contributed by atoms with Gasteiger partial charge in [0.25, 0.3) is 0 Å². The molecule has 0 atom stereocenters. The summed E-state index contributed by atoms with van der Waals surface area (Å²) < 4.78 is 5.24. The number of aromatic nitrogens is 1. The summed E-state index contributed by atoms with van der Waals surface area (Å²) in [6, 6.07) is 0. The number of nitrogens with one attached hydrogen (secondary N) is 1. The fourth-order valence-electron chi connectivity index (χ4n) is 1.44. The second-order valence-corrected chi connectivity index (χ2v) is 7.76. The average Bonchev–Trinajstić information content (AvgIpc) is 2.57. The molecule has 0 aliphatic rings. The molecule has 0 saturated carbocycles. The Labute approximate surface area is 115 Å². The molecule has 1 heterocycles. The lowest BCUT2D eigenvalue weighted by atomic mass is 9.98. The van der Waals surface area contributed by atoms with Gasteiger partial charge in [0.15, 0.2) is 0 Å². The Morgan fingerprint density at radius 1 is 1.17 bits per heavy atom. The molecule has 1 N–H and O–H groups in total. The summed E-state index contributed by atoms with van der Waals surface area (Å²) in [5, 5.41) is 4.70. The van der Waals surface area contributed by atoms with Crippen molar-refractivity contribution in [1.82, 2.24) is 10.3 Å². The summed E-state index contributed by atoms with van der Waals surface area (Å²) in [6.45, 7) is 14.6. The molecule has 0 aromatic carbocycles. The van der Waals surface area contributed by atoms with Crippen LogP contribution in [-0.2, 0) is 23.3 Å². The standard InChI is InChI=1S/C14H26N2OS/c1-13(2,3)12-16-10(9-17-7)11(18-12)8-15-14(4,5)6/h15H,8-9H2,1-7H3. The first-order chi connectivity index (χ1) is 8.13. The predicted molar refractivity (Wildman–Crippen MR) is 78.1 cm³/mol. The second kappa shape index (κ2) is 5.68. The minimum absolute atomic E-state index is 0.104. The lowest BCUT2D eigenvalue weighted by Crippen LogP contribution is -2.35. The normalized spacial score (nSPS) is 13.1. The second-order valence-electron chi connectivity index (χ2n) is 6.68. The quantitative estimate of drug-likeness (QED) is 0.909. The maximum atomic E-state index is 5.24. The first-order valence-corrected chi connectivity index (χ1v) is 7.18. The molecule has 0 fully saturated rings. The van der Waals surface area contributed by atoms with Gasteiger partial charge < -0.3 is 10.1 Å². The molecule has 0 saturated heterocycles. The number of nitrogens with zero attached hydrogens (tertiary/aromatic N) is 1. The number of rotatable bonds is 4. The molecule has 1 aromatic rings. The van der Waals surface area contributed by atoms with Gasteiger partial charge in [-0.1, -0.05) is 20.8 Å². The molecule has 4 heteroatoms. The van der Waals surface area contributed by atoms with Crippen LogP contribution in [-0.4, -0.2) is 17.6 Å². The van der Waals surface area contributed by atoms with Crippen LogP contribution in [0.5, 0.6) is 0 Å². The van der Waals surface area contributed by atoms with Crippen molar-refractivity contribution in [3.8, 4) is 0 Å². The zero-order chi connectivity index (χ0) is 14.0. The number of ether oxygens (including phenoxy) is 1. The van der Waals surface area contributed by atoms with Crippen molar-refractivity contribution in [1.29, 1.82) is 0 Å². The van der Waals surface area contributed by atoms with Crippen molar-refractivity contribution in [2.75, 3.05) is 7.11 Å². The first-order valence-electron chi connectivity index (χ1n) is 6.36. The number of methoxy groups -OCH3 is 1. The maximum Gasteiger partial charge on any atom is 0.0986 e. The van der Waals surface area contributed by atoms with Gasteiger partial charge in [-0.25, -0.2) is 4.98 Å². The third kappa shape index (κ3) is 4.67. The SMILES string of the molecule is COCc1nc(C(C)(C)C)sc1CNC(C)(C)C. The van der Waals surface area contributed by atoms with Crippen molar-refractivity contribution in [3.63, 3.8) is 0 Å². The van der Waals surface area contributed by atoms with E-state index in [2.05, 4.69) is 46.9 Å². The van der Waals surface area contributed by atoms with Gasteiger partial charge >= 0.3 is 0 Å². The molecule has 18 heavy (non-hydrogen) atoms. The summed E-state index contributed by atoms with van der Waals surface area (Å²) in [5.41, 5.74) is 1.30. The Morgan fingerprint density at radius 3 is 2.22 bits per heavy atom. The Kier molecular flexibility index (Phi) is 4.92. The highest BCUT2D eigenvalue weighted by Crippen LogP contribution is 2.30. The van der Waals surface area contributed by atoms with E-state index in [4.69, 9.17) is 9.72 Å². The molecule has 1 rings (SSSR count). The Hall–Kier alpha value is -0.450. The Morgan fingerprint density at radius 2 is 1.78 bits per heavy atom. The van der Waals surface area contributed by atoms with Gasteiger partial charge in [0.05, 0.1) is 17.3 Å². The highest BCUT2D eigenvalue weighted by Gasteiger charge is 2.22. The van der Waals surface area contributed by atoms with E-state index in [0.29, 0.717) is 6.61 Å². The fraction of sp³-hybridized carbons (Fsp3) is 0.786. The van der Waals surface area contributed by atoms with Crippen molar-refractivity contribution >= 4 is 11.3 Å². The van der Waals surface area contributed by atoms with Crippen LogP contribution in [0.3, 0.4) is 0 Å². The zero-order valence-electron chi connectivity index (χ0n) is 12.7. The molecular weight excluding hydrogens is 244 g/mol. The van der Waals surface area contributed by atoms with Gasteiger partial charge in [-0.3, -0.25) is 0 Å². The van der Waals surface area contributed by atoms with E-state index < -0.39 is 0 Å². The Bertz CT molecular complexity index is 385. The van der Waals surface area contributed by atoms with Gasteiger partial charge in [-0.2, -0.15) is 0 Å². The molecule has 0 aliphatic heterocycles. The highest BCUT2D eigenvalue weighted by atomic mass is 32.1.